The molecule has 1 atom stereocenters. The van der Waals surface area contributed by atoms with E-state index in [1.54, 1.807) is 0 Å². The first-order valence-electron chi connectivity index (χ1n) is 4.61. The predicted octanol–water partition coefficient (Wildman–Crippen LogP) is 3.22. The van der Waals surface area contributed by atoms with Gasteiger partial charge in [0.15, 0.2) is 0 Å². The maximum absolute atomic E-state index is 10.3. The summed E-state index contributed by atoms with van der Waals surface area (Å²) in [4.78, 5) is 10.3. The molecular formula is C11H13ClO2. The second-order valence-corrected chi connectivity index (χ2v) is 3.69. The van der Waals surface area contributed by atoms with E-state index in [0.29, 0.717) is 12.8 Å². The van der Waals surface area contributed by atoms with E-state index in [-0.39, 0.29) is 11.8 Å². The summed E-state index contributed by atoms with van der Waals surface area (Å²) in [6.07, 6.45) is 1.52. The quantitative estimate of drug-likeness (QED) is 0.761. The minimum atomic E-state index is -0.762. The number of halogens is 1. The largest absolute Gasteiger partial charge is 0.481 e. The number of alkyl halides is 1. The van der Waals surface area contributed by atoms with Crippen LogP contribution >= 0.6 is 11.6 Å². The number of hydrogen-bond acceptors (Lipinski definition) is 1. The first-order chi connectivity index (χ1) is 6.70. The van der Waals surface area contributed by atoms with Gasteiger partial charge in [-0.1, -0.05) is 30.3 Å². The van der Waals surface area contributed by atoms with Gasteiger partial charge in [0, 0.05) is 6.42 Å². The minimum absolute atomic E-state index is 0.0736. The van der Waals surface area contributed by atoms with Gasteiger partial charge in [0.1, 0.15) is 0 Å². The molecular weight excluding hydrogens is 200 g/mol. The lowest BCUT2D eigenvalue weighted by molar-refractivity contribution is -0.137. The fourth-order valence-electron chi connectivity index (χ4n) is 1.26. The second-order valence-electron chi connectivity index (χ2n) is 3.16. The van der Waals surface area contributed by atoms with Gasteiger partial charge in [-0.15, -0.1) is 11.6 Å². The van der Waals surface area contributed by atoms with Crippen molar-refractivity contribution in [2.75, 3.05) is 0 Å². The van der Waals surface area contributed by atoms with E-state index in [2.05, 4.69) is 0 Å². The smallest absolute Gasteiger partial charge is 0.303 e. The first kappa shape index (κ1) is 11.1. The molecule has 14 heavy (non-hydrogen) atoms. The molecule has 0 fully saturated rings. The molecule has 0 aliphatic carbocycles. The maximum Gasteiger partial charge on any atom is 0.303 e. The van der Waals surface area contributed by atoms with Crippen LogP contribution in [0.4, 0.5) is 0 Å². The standard InChI is InChI=1S/C11H13ClO2/c12-10(7-4-8-11(13)14)9-5-2-1-3-6-9/h1-3,5-6,10H,4,7-8H2,(H,13,14). The van der Waals surface area contributed by atoms with Crippen LogP contribution in [0, 0.1) is 0 Å². The molecule has 2 nitrogen and oxygen atoms in total. The Labute approximate surface area is 88.5 Å². The summed E-state index contributed by atoms with van der Waals surface area (Å²) in [5.74, 6) is -0.762. The molecule has 0 aromatic heterocycles. The third-order valence-electron chi connectivity index (χ3n) is 2.01. The third-order valence-corrected chi connectivity index (χ3v) is 2.48. The van der Waals surface area contributed by atoms with Crippen molar-refractivity contribution in [3.8, 4) is 0 Å². The highest BCUT2D eigenvalue weighted by Crippen LogP contribution is 2.25. The van der Waals surface area contributed by atoms with Crippen molar-refractivity contribution < 1.29 is 9.90 Å². The summed E-state index contributed by atoms with van der Waals surface area (Å²) in [5.41, 5.74) is 1.06. The lowest BCUT2D eigenvalue weighted by Gasteiger charge is -2.07. The van der Waals surface area contributed by atoms with Gasteiger partial charge in [-0.05, 0) is 18.4 Å². The first-order valence-corrected chi connectivity index (χ1v) is 5.04. The molecule has 0 aliphatic rings. The number of carbonyl (C=O) groups is 1. The van der Waals surface area contributed by atoms with Crippen molar-refractivity contribution in [2.45, 2.75) is 24.6 Å². The van der Waals surface area contributed by atoms with Crippen LogP contribution in [0.15, 0.2) is 30.3 Å². The summed E-state index contributed by atoms with van der Waals surface area (Å²) in [7, 11) is 0. The monoisotopic (exact) mass is 212 g/mol. The molecule has 0 amide bonds. The fraction of sp³-hybridized carbons (Fsp3) is 0.364. The van der Waals surface area contributed by atoms with E-state index in [1.807, 2.05) is 30.3 Å². The molecule has 1 rings (SSSR count). The number of rotatable bonds is 5. The highest BCUT2D eigenvalue weighted by molar-refractivity contribution is 6.20. The maximum atomic E-state index is 10.3. The molecule has 0 heterocycles. The lowest BCUT2D eigenvalue weighted by atomic mass is 10.1. The lowest BCUT2D eigenvalue weighted by Crippen LogP contribution is -1.96. The number of carboxylic acid groups (broad SMARTS) is 1. The topological polar surface area (TPSA) is 37.3 Å². The van der Waals surface area contributed by atoms with Crippen LogP contribution in [-0.2, 0) is 4.79 Å². The van der Waals surface area contributed by atoms with Crippen LogP contribution in [0.25, 0.3) is 0 Å². The molecule has 0 bridgehead atoms. The normalized spacial score (nSPS) is 12.4. The van der Waals surface area contributed by atoms with Gasteiger partial charge in [-0.25, -0.2) is 0 Å². The van der Waals surface area contributed by atoms with Crippen molar-refractivity contribution >= 4 is 17.6 Å². The van der Waals surface area contributed by atoms with Crippen molar-refractivity contribution in [1.29, 1.82) is 0 Å². The number of carboxylic acids is 1. The average Bonchev–Trinajstić information content (AvgIpc) is 2.18. The van der Waals surface area contributed by atoms with Gasteiger partial charge >= 0.3 is 5.97 Å². The Kier molecular flexibility index (Phi) is 4.47. The molecule has 0 radical (unpaired) electrons. The Bertz CT molecular complexity index is 285. The predicted molar refractivity (Wildman–Crippen MR) is 56.5 cm³/mol. The highest BCUT2D eigenvalue weighted by atomic mass is 35.5. The Balaban J connectivity index is 2.36. The van der Waals surface area contributed by atoms with E-state index in [4.69, 9.17) is 16.7 Å². The second kappa shape index (κ2) is 5.66. The number of hydrogen-bond donors (Lipinski definition) is 1. The van der Waals surface area contributed by atoms with E-state index >= 15 is 0 Å². The Morgan fingerprint density at radius 2 is 2.00 bits per heavy atom. The van der Waals surface area contributed by atoms with Crippen molar-refractivity contribution in [3.05, 3.63) is 35.9 Å². The van der Waals surface area contributed by atoms with Crippen LogP contribution in [0.2, 0.25) is 0 Å². The van der Waals surface area contributed by atoms with Gasteiger partial charge < -0.3 is 5.11 Å². The molecule has 1 N–H and O–H groups in total. The van der Waals surface area contributed by atoms with Gasteiger partial charge in [0.25, 0.3) is 0 Å². The summed E-state index contributed by atoms with van der Waals surface area (Å²) in [6.45, 7) is 0. The SMILES string of the molecule is O=C(O)CCCC(Cl)c1ccccc1. The third kappa shape index (κ3) is 3.79. The van der Waals surface area contributed by atoms with Crippen molar-refractivity contribution in [1.82, 2.24) is 0 Å². The zero-order valence-electron chi connectivity index (χ0n) is 7.82. The van der Waals surface area contributed by atoms with Gasteiger partial charge in [0.2, 0.25) is 0 Å². The Morgan fingerprint density at radius 3 is 2.57 bits per heavy atom. The van der Waals surface area contributed by atoms with Gasteiger partial charge in [-0.3, -0.25) is 4.79 Å². The average molecular weight is 213 g/mol. The zero-order chi connectivity index (χ0) is 10.4. The van der Waals surface area contributed by atoms with Crippen molar-refractivity contribution in [2.24, 2.45) is 0 Å². The molecule has 0 saturated heterocycles. The van der Waals surface area contributed by atoms with Gasteiger partial charge in [-0.2, -0.15) is 0 Å². The Hall–Kier alpha value is -1.02. The molecule has 1 aromatic carbocycles. The Morgan fingerprint density at radius 1 is 1.36 bits per heavy atom. The molecule has 0 aliphatic heterocycles. The highest BCUT2D eigenvalue weighted by Gasteiger charge is 2.07. The van der Waals surface area contributed by atoms with E-state index in [1.165, 1.54) is 0 Å². The molecule has 1 aromatic rings. The van der Waals surface area contributed by atoms with Crippen LogP contribution in [0.1, 0.15) is 30.2 Å². The molecule has 76 valence electrons. The minimum Gasteiger partial charge on any atom is -0.481 e. The van der Waals surface area contributed by atoms with Gasteiger partial charge in [0.05, 0.1) is 5.38 Å². The molecule has 1 unspecified atom stereocenters. The summed E-state index contributed by atoms with van der Waals surface area (Å²) >= 11 is 6.10. The summed E-state index contributed by atoms with van der Waals surface area (Å²) in [6, 6.07) is 9.71. The molecule has 0 saturated carbocycles. The van der Waals surface area contributed by atoms with Crippen LogP contribution in [0.3, 0.4) is 0 Å². The fourth-order valence-corrected chi connectivity index (χ4v) is 1.56. The summed E-state index contributed by atoms with van der Waals surface area (Å²) < 4.78 is 0. The number of aliphatic carboxylic acids is 1. The molecule has 0 spiro atoms. The van der Waals surface area contributed by atoms with Crippen molar-refractivity contribution in [3.63, 3.8) is 0 Å². The van der Waals surface area contributed by atoms with Crippen LogP contribution < -0.4 is 0 Å². The zero-order valence-corrected chi connectivity index (χ0v) is 8.57. The van der Waals surface area contributed by atoms with E-state index < -0.39 is 5.97 Å². The van der Waals surface area contributed by atoms with E-state index in [9.17, 15) is 4.79 Å². The van der Waals surface area contributed by atoms with E-state index in [0.717, 1.165) is 5.56 Å². The summed E-state index contributed by atoms with van der Waals surface area (Å²) in [5, 5.41) is 8.38. The van der Waals surface area contributed by atoms with Crippen LogP contribution in [-0.4, -0.2) is 11.1 Å². The molecule has 3 heteroatoms. The van der Waals surface area contributed by atoms with Crippen LogP contribution in [0.5, 0.6) is 0 Å². The number of benzene rings is 1.